The largest absolute Gasteiger partial charge is 0.506 e. The van der Waals surface area contributed by atoms with E-state index in [0.29, 0.717) is 4.70 Å². The number of carboxylic acid groups (broad SMARTS) is 1. The van der Waals surface area contributed by atoms with E-state index in [0.717, 1.165) is 22.3 Å². The van der Waals surface area contributed by atoms with Crippen LogP contribution in [0.5, 0.6) is 5.75 Å². The van der Waals surface area contributed by atoms with Crippen molar-refractivity contribution in [2.75, 3.05) is 0 Å². The van der Waals surface area contributed by atoms with Gasteiger partial charge in [0.2, 0.25) is 0 Å². The quantitative estimate of drug-likeness (QED) is 0.757. The predicted molar refractivity (Wildman–Crippen MR) is 55.2 cm³/mol. The normalized spacial score (nSPS) is 10.6. The maximum Gasteiger partial charge on any atom is 0.345 e. The highest BCUT2D eigenvalue weighted by Crippen LogP contribution is 2.33. The maximum absolute atomic E-state index is 10.7. The fourth-order valence-corrected chi connectivity index (χ4v) is 2.28. The first-order valence-electron chi connectivity index (χ1n) is 4.04. The minimum atomic E-state index is -0.955. The number of rotatable bonds is 1. The summed E-state index contributed by atoms with van der Waals surface area (Å²) in [4.78, 5) is 10.9. The smallest absolute Gasteiger partial charge is 0.345 e. The number of hydrogen-bond donors (Lipinski definition) is 2. The van der Waals surface area contributed by atoms with Crippen LogP contribution < -0.4 is 0 Å². The highest BCUT2D eigenvalue weighted by atomic mass is 32.1. The van der Waals surface area contributed by atoms with Crippen molar-refractivity contribution in [1.29, 1.82) is 0 Å². The molecular weight excluding hydrogens is 200 g/mol. The Balaban J connectivity index is 2.76. The Labute approximate surface area is 84.2 Å². The van der Waals surface area contributed by atoms with Gasteiger partial charge in [-0.05, 0) is 30.0 Å². The lowest BCUT2D eigenvalue weighted by Crippen LogP contribution is -1.89. The highest BCUT2D eigenvalue weighted by Gasteiger charge is 2.11. The molecule has 72 valence electrons. The number of thiophene rings is 1. The van der Waals surface area contributed by atoms with Crippen molar-refractivity contribution >= 4 is 27.4 Å². The number of phenols is 1. The van der Waals surface area contributed by atoms with Crippen molar-refractivity contribution in [2.45, 2.75) is 6.92 Å². The molecule has 1 aromatic heterocycles. The average molecular weight is 208 g/mol. The zero-order valence-corrected chi connectivity index (χ0v) is 8.26. The number of carboxylic acids is 1. The highest BCUT2D eigenvalue weighted by molar-refractivity contribution is 7.21. The van der Waals surface area contributed by atoms with Crippen LogP contribution in [-0.4, -0.2) is 16.2 Å². The topological polar surface area (TPSA) is 57.5 Å². The molecule has 2 rings (SSSR count). The molecule has 14 heavy (non-hydrogen) atoms. The van der Waals surface area contributed by atoms with E-state index in [9.17, 15) is 9.90 Å². The van der Waals surface area contributed by atoms with E-state index in [4.69, 9.17) is 5.11 Å². The molecule has 4 heteroatoms. The summed E-state index contributed by atoms with van der Waals surface area (Å²) in [6.45, 7) is 1.86. The zero-order chi connectivity index (χ0) is 10.3. The molecule has 2 N–H and O–H groups in total. The minimum Gasteiger partial charge on any atom is -0.506 e. The van der Waals surface area contributed by atoms with Crippen molar-refractivity contribution in [2.24, 2.45) is 0 Å². The van der Waals surface area contributed by atoms with Crippen molar-refractivity contribution in [3.63, 3.8) is 0 Å². The van der Waals surface area contributed by atoms with E-state index in [1.807, 2.05) is 13.0 Å². The van der Waals surface area contributed by atoms with Gasteiger partial charge in [-0.15, -0.1) is 11.3 Å². The number of phenolic OH excluding ortho intramolecular Hbond substituents is 1. The third-order valence-corrected chi connectivity index (χ3v) is 3.11. The lowest BCUT2D eigenvalue weighted by molar-refractivity contribution is 0.0702. The van der Waals surface area contributed by atoms with E-state index >= 15 is 0 Å². The first kappa shape index (κ1) is 9.02. The van der Waals surface area contributed by atoms with Crippen LogP contribution in [0.25, 0.3) is 10.1 Å². The lowest BCUT2D eigenvalue weighted by atomic mass is 10.2. The van der Waals surface area contributed by atoms with Crippen LogP contribution in [-0.2, 0) is 0 Å². The molecule has 0 aliphatic heterocycles. The fourth-order valence-electron chi connectivity index (χ4n) is 1.39. The maximum atomic E-state index is 10.7. The van der Waals surface area contributed by atoms with Crippen molar-refractivity contribution in [1.82, 2.24) is 0 Å². The summed E-state index contributed by atoms with van der Waals surface area (Å²) in [5, 5.41) is 19.1. The van der Waals surface area contributed by atoms with Crippen molar-refractivity contribution < 1.29 is 15.0 Å². The Morgan fingerprint density at radius 2 is 2.07 bits per heavy atom. The molecule has 0 saturated carbocycles. The second-order valence-corrected chi connectivity index (χ2v) is 4.17. The Morgan fingerprint density at radius 1 is 1.36 bits per heavy atom. The first-order chi connectivity index (χ1) is 6.58. The fraction of sp³-hybridized carbons (Fsp3) is 0.100. The van der Waals surface area contributed by atoms with Gasteiger partial charge in [0.05, 0.1) is 4.70 Å². The van der Waals surface area contributed by atoms with Crippen LogP contribution >= 0.6 is 11.3 Å². The summed E-state index contributed by atoms with van der Waals surface area (Å²) >= 11 is 1.09. The van der Waals surface area contributed by atoms with Crippen LogP contribution in [0.2, 0.25) is 0 Å². The Morgan fingerprint density at radius 3 is 2.71 bits per heavy atom. The molecule has 0 aliphatic rings. The molecule has 0 amide bonds. The molecule has 1 heterocycles. The molecule has 0 spiro atoms. The number of aromatic hydroxyl groups is 1. The van der Waals surface area contributed by atoms with Gasteiger partial charge in [0.1, 0.15) is 10.6 Å². The van der Waals surface area contributed by atoms with Crippen LogP contribution in [0.1, 0.15) is 15.2 Å². The standard InChI is InChI=1S/C10H8O3S/c1-5-2-6-4-8(10(12)13)14-9(6)7(11)3-5/h2-4,11H,1H3,(H,12,13). The van der Waals surface area contributed by atoms with Crippen LogP contribution in [0.3, 0.4) is 0 Å². The van der Waals surface area contributed by atoms with E-state index in [1.165, 1.54) is 0 Å². The first-order valence-corrected chi connectivity index (χ1v) is 4.86. The molecule has 0 atom stereocenters. The third-order valence-electron chi connectivity index (χ3n) is 1.95. The molecule has 0 fully saturated rings. The van der Waals surface area contributed by atoms with Gasteiger partial charge < -0.3 is 10.2 Å². The van der Waals surface area contributed by atoms with Gasteiger partial charge in [0.15, 0.2) is 0 Å². The summed E-state index contributed by atoms with van der Waals surface area (Å²) in [6.07, 6.45) is 0. The summed E-state index contributed by atoms with van der Waals surface area (Å²) in [6, 6.07) is 5.07. The SMILES string of the molecule is Cc1cc(O)c2sc(C(=O)O)cc2c1. The molecule has 0 saturated heterocycles. The molecule has 1 aromatic carbocycles. The third kappa shape index (κ3) is 1.33. The molecule has 3 nitrogen and oxygen atoms in total. The van der Waals surface area contributed by atoms with Crippen LogP contribution in [0.15, 0.2) is 18.2 Å². The van der Waals surface area contributed by atoms with Crippen molar-refractivity contribution in [3.05, 3.63) is 28.6 Å². The van der Waals surface area contributed by atoms with Gasteiger partial charge >= 0.3 is 5.97 Å². The molecule has 2 aromatic rings. The number of aryl methyl sites for hydroxylation is 1. The van der Waals surface area contributed by atoms with E-state index in [1.54, 1.807) is 12.1 Å². The predicted octanol–water partition coefficient (Wildman–Crippen LogP) is 2.61. The van der Waals surface area contributed by atoms with E-state index < -0.39 is 5.97 Å². The minimum absolute atomic E-state index is 0.150. The lowest BCUT2D eigenvalue weighted by Gasteiger charge is -1.95. The Kier molecular flexibility index (Phi) is 1.93. The van der Waals surface area contributed by atoms with Gasteiger partial charge in [0, 0.05) is 0 Å². The van der Waals surface area contributed by atoms with Gasteiger partial charge in [-0.3, -0.25) is 0 Å². The second-order valence-electron chi connectivity index (χ2n) is 3.12. The van der Waals surface area contributed by atoms with Gasteiger partial charge in [0.25, 0.3) is 0 Å². The Bertz CT molecular complexity index is 513. The van der Waals surface area contributed by atoms with Gasteiger partial charge in [-0.2, -0.15) is 0 Å². The van der Waals surface area contributed by atoms with Gasteiger partial charge in [-0.1, -0.05) is 6.07 Å². The summed E-state index contributed by atoms with van der Waals surface area (Å²) < 4.78 is 0.632. The number of carbonyl (C=O) groups is 1. The van der Waals surface area contributed by atoms with Crippen LogP contribution in [0.4, 0.5) is 0 Å². The number of hydrogen-bond acceptors (Lipinski definition) is 3. The van der Waals surface area contributed by atoms with E-state index in [2.05, 4.69) is 0 Å². The number of fused-ring (bicyclic) bond motifs is 1. The molecule has 0 unspecified atom stereocenters. The molecular formula is C10H8O3S. The number of benzene rings is 1. The van der Waals surface area contributed by atoms with Crippen LogP contribution in [0, 0.1) is 6.92 Å². The van der Waals surface area contributed by atoms with E-state index in [-0.39, 0.29) is 10.6 Å². The zero-order valence-electron chi connectivity index (χ0n) is 7.44. The Hall–Kier alpha value is -1.55. The second kappa shape index (κ2) is 2.99. The molecule has 0 bridgehead atoms. The number of aromatic carboxylic acids is 1. The van der Waals surface area contributed by atoms with Crippen molar-refractivity contribution in [3.8, 4) is 5.75 Å². The monoisotopic (exact) mass is 208 g/mol. The summed E-state index contributed by atoms with van der Waals surface area (Å²) in [5.41, 5.74) is 0.921. The summed E-state index contributed by atoms with van der Waals surface area (Å²) in [7, 11) is 0. The van der Waals surface area contributed by atoms with Gasteiger partial charge in [-0.25, -0.2) is 4.79 Å². The molecule has 0 aliphatic carbocycles. The summed E-state index contributed by atoms with van der Waals surface area (Å²) in [5.74, 6) is -0.805. The average Bonchev–Trinajstić information content (AvgIpc) is 2.47. The molecule has 0 radical (unpaired) electrons.